The Balaban J connectivity index is 0.000000354. The molecule has 0 heterocycles. The maximum atomic E-state index is 4.85. The van der Waals surface area contributed by atoms with Crippen molar-refractivity contribution in [2.45, 2.75) is 20.8 Å². The van der Waals surface area contributed by atoms with Crippen molar-refractivity contribution < 1.29 is 15.1 Å². The third kappa shape index (κ3) is 6.00. The predicted octanol–water partition coefficient (Wildman–Crippen LogP) is 3.99. The van der Waals surface area contributed by atoms with Crippen molar-refractivity contribution in [2.24, 2.45) is 0 Å². The number of rotatable bonds is 0. The zero-order chi connectivity index (χ0) is 9.56. The average Bonchev–Trinajstić information content (AvgIpc) is 1.84. The summed E-state index contributed by atoms with van der Waals surface area (Å²) in [6.07, 6.45) is 0. The summed E-state index contributed by atoms with van der Waals surface area (Å²) in [6, 6.07) is 6.56. The van der Waals surface area contributed by atoms with Gasteiger partial charge in [0.15, 0.2) is 0 Å². The van der Waals surface area contributed by atoms with Crippen LogP contribution >= 0.6 is 19.4 Å². The molecule has 0 aliphatic heterocycles. The standard InChI is InChI=1S/C9H12.2ClH.Ru/c1-7-4-8(2)6-9(3)5-7;;;/h4-6H,1-3H3;2*1H;/q;;;+2/p-2. The molecular formula is C9H12Cl2Ru. The van der Waals surface area contributed by atoms with E-state index >= 15 is 0 Å². The van der Waals surface area contributed by atoms with Gasteiger partial charge in [-0.25, -0.2) is 0 Å². The Morgan fingerprint density at radius 1 is 0.833 bits per heavy atom. The van der Waals surface area contributed by atoms with Gasteiger partial charge in [-0.3, -0.25) is 0 Å². The Morgan fingerprint density at radius 2 is 1.00 bits per heavy atom. The third-order valence-corrected chi connectivity index (χ3v) is 1.37. The first-order valence-corrected chi connectivity index (χ1v) is 7.98. The van der Waals surface area contributed by atoms with Crippen LogP contribution in [-0.4, -0.2) is 0 Å². The number of hydrogen-bond acceptors (Lipinski definition) is 0. The first-order chi connectivity index (χ1) is 5.60. The summed E-state index contributed by atoms with van der Waals surface area (Å²) in [5, 5.41) is 0. The first kappa shape index (κ1) is 12.4. The van der Waals surface area contributed by atoms with Crippen molar-refractivity contribution in [2.75, 3.05) is 0 Å². The molecule has 0 unspecified atom stereocenters. The van der Waals surface area contributed by atoms with E-state index in [1.807, 2.05) is 0 Å². The molecule has 0 bridgehead atoms. The molecule has 0 N–H and O–H groups in total. The molecule has 3 heteroatoms. The molecule has 0 radical (unpaired) electrons. The minimum absolute atomic E-state index is 0.346. The minimum atomic E-state index is -0.346. The van der Waals surface area contributed by atoms with Crippen LogP contribution in [0.1, 0.15) is 16.7 Å². The fourth-order valence-corrected chi connectivity index (χ4v) is 1.20. The molecule has 0 saturated carbocycles. The molecule has 0 saturated heterocycles. The predicted molar refractivity (Wildman–Crippen MR) is 52.4 cm³/mol. The Hall–Kier alpha value is 0.423. The van der Waals surface area contributed by atoms with Gasteiger partial charge < -0.3 is 0 Å². The molecular weight excluding hydrogens is 280 g/mol. The van der Waals surface area contributed by atoms with Gasteiger partial charge in [-0.15, -0.1) is 0 Å². The van der Waals surface area contributed by atoms with Crippen molar-refractivity contribution in [3.63, 3.8) is 0 Å². The second-order valence-corrected chi connectivity index (χ2v) is 5.35. The molecule has 0 amide bonds. The summed E-state index contributed by atoms with van der Waals surface area (Å²) >= 11 is -0.346. The molecule has 1 rings (SSSR count). The maximum absolute atomic E-state index is 4.85. The molecule has 70 valence electrons. The van der Waals surface area contributed by atoms with Crippen LogP contribution in [0.5, 0.6) is 0 Å². The topological polar surface area (TPSA) is 0 Å². The summed E-state index contributed by atoms with van der Waals surface area (Å²) in [6.45, 7) is 6.38. The third-order valence-electron chi connectivity index (χ3n) is 1.37. The molecule has 0 aromatic heterocycles. The van der Waals surface area contributed by atoms with Gasteiger partial charge in [-0.05, 0) is 20.8 Å². The number of hydrogen-bond donors (Lipinski definition) is 0. The number of halogens is 2. The molecule has 0 aliphatic carbocycles. The summed E-state index contributed by atoms with van der Waals surface area (Å²) in [7, 11) is 9.71. The summed E-state index contributed by atoms with van der Waals surface area (Å²) in [5.74, 6) is 0. The molecule has 12 heavy (non-hydrogen) atoms. The van der Waals surface area contributed by atoms with Crippen LogP contribution in [0, 0.1) is 20.8 Å². The summed E-state index contributed by atoms with van der Waals surface area (Å²) in [4.78, 5) is 0. The Bertz CT molecular complexity index is 185. The summed E-state index contributed by atoms with van der Waals surface area (Å²) in [5.41, 5.74) is 4.06. The van der Waals surface area contributed by atoms with Gasteiger partial charge >= 0.3 is 34.5 Å². The van der Waals surface area contributed by atoms with Crippen LogP contribution in [0.2, 0.25) is 0 Å². The van der Waals surface area contributed by atoms with Gasteiger partial charge in [-0.1, -0.05) is 34.9 Å². The van der Waals surface area contributed by atoms with Crippen molar-refractivity contribution in [3.05, 3.63) is 34.9 Å². The van der Waals surface area contributed by atoms with E-state index in [1.165, 1.54) is 16.7 Å². The van der Waals surface area contributed by atoms with Gasteiger partial charge in [0, 0.05) is 0 Å². The molecule has 1 aromatic rings. The van der Waals surface area contributed by atoms with Crippen LogP contribution in [0.4, 0.5) is 0 Å². The number of aryl methyl sites for hydroxylation is 3. The molecule has 0 nitrogen and oxygen atoms in total. The fraction of sp³-hybridized carbons (Fsp3) is 0.333. The molecule has 1 aromatic carbocycles. The van der Waals surface area contributed by atoms with E-state index in [4.69, 9.17) is 19.4 Å². The van der Waals surface area contributed by atoms with Gasteiger partial charge in [0.05, 0.1) is 0 Å². The quantitative estimate of drug-likeness (QED) is 0.634. The fourth-order valence-electron chi connectivity index (χ4n) is 1.20. The van der Waals surface area contributed by atoms with Gasteiger partial charge in [-0.2, -0.15) is 0 Å². The van der Waals surface area contributed by atoms with Crippen LogP contribution in [0.25, 0.3) is 0 Å². The first-order valence-electron chi connectivity index (χ1n) is 3.50. The Kier molecular flexibility index (Phi) is 7.13. The van der Waals surface area contributed by atoms with Crippen molar-refractivity contribution in [3.8, 4) is 0 Å². The van der Waals surface area contributed by atoms with Crippen LogP contribution in [-0.2, 0) is 15.1 Å². The SMILES string of the molecule is Cc1cc(C)cc(C)c1.[Cl][Ru][Cl]. The van der Waals surface area contributed by atoms with E-state index in [2.05, 4.69) is 39.0 Å². The van der Waals surface area contributed by atoms with Gasteiger partial charge in [0.1, 0.15) is 0 Å². The van der Waals surface area contributed by atoms with E-state index in [-0.39, 0.29) is 15.1 Å². The van der Waals surface area contributed by atoms with Crippen LogP contribution in [0.3, 0.4) is 0 Å². The van der Waals surface area contributed by atoms with Gasteiger partial charge in [0.25, 0.3) is 0 Å². The second-order valence-electron chi connectivity index (χ2n) is 2.72. The zero-order valence-corrected chi connectivity index (χ0v) is 10.6. The van der Waals surface area contributed by atoms with Crippen LogP contribution < -0.4 is 0 Å². The molecule has 0 spiro atoms. The number of benzene rings is 1. The molecule has 0 aliphatic rings. The van der Waals surface area contributed by atoms with Crippen molar-refractivity contribution in [1.29, 1.82) is 0 Å². The van der Waals surface area contributed by atoms with Crippen molar-refractivity contribution in [1.82, 2.24) is 0 Å². The van der Waals surface area contributed by atoms with Gasteiger partial charge in [0.2, 0.25) is 0 Å². The van der Waals surface area contributed by atoms with Crippen LogP contribution in [0.15, 0.2) is 18.2 Å². The van der Waals surface area contributed by atoms with E-state index in [9.17, 15) is 0 Å². The average molecular weight is 292 g/mol. The summed E-state index contributed by atoms with van der Waals surface area (Å²) < 4.78 is 0. The second kappa shape index (κ2) is 6.89. The van der Waals surface area contributed by atoms with E-state index in [1.54, 1.807) is 0 Å². The van der Waals surface area contributed by atoms with E-state index in [0.717, 1.165) is 0 Å². The van der Waals surface area contributed by atoms with E-state index < -0.39 is 0 Å². The van der Waals surface area contributed by atoms with Crippen molar-refractivity contribution >= 4 is 19.4 Å². The Morgan fingerprint density at radius 3 is 1.17 bits per heavy atom. The Labute approximate surface area is 90.0 Å². The normalized spacial score (nSPS) is 9.08. The molecule has 0 fully saturated rings. The molecule has 0 atom stereocenters. The van der Waals surface area contributed by atoms with E-state index in [0.29, 0.717) is 0 Å². The monoisotopic (exact) mass is 292 g/mol. The zero-order valence-electron chi connectivity index (χ0n) is 7.34.